The molecule has 0 saturated carbocycles. The molecule has 0 unspecified atom stereocenters. The van der Waals surface area contributed by atoms with Crippen molar-refractivity contribution in [3.8, 4) is 5.75 Å². The third kappa shape index (κ3) is 4.86. The molecule has 18 heavy (non-hydrogen) atoms. The van der Waals surface area contributed by atoms with Gasteiger partial charge in [0.15, 0.2) is 0 Å². The van der Waals surface area contributed by atoms with Crippen LogP contribution in [0.25, 0.3) is 0 Å². The van der Waals surface area contributed by atoms with Crippen LogP contribution in [-0.2, 0) is 4.79 Å². The third-order valence-electron chi connectivity index (χ3n) is 2.29. The highest BCUT2D eigenvalue weighted by Crippen LogP contribution is 2.17. The third-order valence-corrected chi connectivity index (χ3v) is 2.29. The first-order chi connectivity index (χ1) is 8.65. The number of amides is 2. The molecule has 0 fully saturated rings. The molecule has 0 aromatic heterocycles. The van der Waals surface area contributed by atoms with Crippen LogP contribution in [0.4, 0.5) is 10.5 Å². The molecule has 0 aliphatic rings. The van der Waals surface area contributed by atoms with Crippen molar-refractivity contribution >= 4 is 17.7 Å². The van der Waals surface area contributed by atoms with Gasteiger partial charge in [-0.25, -0.2) is 4.79 Å². The highest BCUT2D eigenvalue weighted by molar-refractivity contribution is 5.90. The second-order valence-electron chi connectivity index (χ2n) is 3.82. The van der Waals surface area contributed by atoms with E-state index in [0.29, 0.717) is 17.9 Å². The first kappa shape index (κ1) is 14.0. The highest BCUT2D eigenvalue weighted by atomic mass is 16.5. The maximum absolute atomic E-state index is 11.5. The first-order valence-electron chi connectivity index (χ1n) is 5.95. The smallest absolute Gasteiger partial charge is 0.410 e. The second kappa shape index (κ2) is 7.32. The quantitative estimate of drug-likeness (QED) is 0.843. The van der Waals surface area contributed by atoms with Gasteiger partial charge in [-0.1, -0.05) is 19.4 Å². The van der Waals surface area contributed by atoms with Gasteiger partial charge in [0.25, 0.3) is 0 Å². The summed E-state index contributed by atoms with van der Waals surface area (Å²) in [6, 6.07) is 6.73. The van der Waals surface area contributed by atoms with E-state index in [1.54, 1.807) is 24.3 Å². The van der Waals surface area contributed by atoms with Gasteiger partial charge < -0.3 is 15.4 Å². The van der Waals surface area contributed by atoms with Crippen LogP contribution in [0.15, 0.2) is 24.3 Å². The lowest BCUT2D eigenvalue weighted by atomic mass is 10.2. The molecule has 1 rings (SSSR count). The number of hydrogen-bond acceptors (Lipinski definition) is 3. The minimum absolute atomic E-state index is 0.0334. The molecule has 1 aromatic carbocycles. The fourth-order valence-electron chi connectivity index (χ4n) is 1.36. The van der Waals surface area contributed by atoms with Gasteiger partial charge in [-0.3, -0.25) is 4.79 Å². The average Bonchev–Trinajstić information content (AvgIpc) is 2.36. The lowest BCUT2D eigenvalue weighted by Gasteiger charge is -2.07. The molecule has 5 nitrogen and oxygen atoms in total. The zero-order valence-electron chi connectivity index (χ0n) is 10.7. The molecule has 0 bridgehead atoms. The molecule has 0 saturated heterocycles. The van der Waals surface area contributed by atoms with Gasteiger partial charge >= 0.3 is 6.09 Å². The predicted molar refractivity (Wildman–Crippen MR) is 69.7 cm³/mol. The van der Waals surface area contributed by atoms with Gasteiger partial charge in [-0.2, -0.15) is 0 Å². The number of benzene rings is 1. The summed E-state index contributed by atoms with van der Waals surface area (Å²) in [7, 11) is 1.48. The molecule has 0 radical (unpaired) electrons. The Balaban J connectivity index is 2.59. The summed E-state index contributed by atoms with van der Waals surface area (Å²) in [4.78, 5) is 22.6. The number of ether oxygens (including phenoxy) is 1. The van der Waals surface area contributed by atoms with E-state index in [1.807, 2.05) is 6.92 Å². The molecule has 2 amide bonds. The molecule has 0 spiro atoms. The van der Waals surface area contributed by atoms with Crippen LogP contribution in [0.3, 0.4) is 0 Å². The molecular weight excluding hydrogens is 232 g/mol. The van der Waals surface area contributed by atoms with Crippen LogP contribution in [-0.4, -0.2) is 19.0 Å². The number of carbonyl (C=O) groups is 2. The van der Waals surface area contributed by atoms with Crippen molar-refractivity contribution in [1.82, 2.24) is 5.32 Å². The van der Waals surface area contributed by atoms with E-state index in [0.717, 1.165) is 12.8 Å². The van der Waals surface area contributed by atoms with E-state index in [2.05, 4.69) is 10.6 Å². The Morgan fingerprint density at radius 2 is 2.11 bits per heavy atom. The van der Waals surface area contributed by atoms with Crippen LogP contribution in [0.1, 0.15) is 26.2 Å². The highest BCUT2D eigenvalue weighted by Gasteiger charge is 2.05. The summed E-state index contributed by atoms with van der Waals surface area (Å²) >= 11 is 0. The maximum Gasteiger partial charge on any atom is 0.412 e. The van der Waals surface area contributed by atoms with Crippen molar-refractivity contribution in [2.45, 2.75) is 26.2 Å². The summed E-state index contributed by atoms with van der Waals surface area (Å²) in [6.45, 7) is 2.03. The summed E-state index contributed by atoms with van der Waals surface area (Å²) < 4.78 is 4.97. The standard InChI is InChI=1S/C13H18N2O3/c1-3-4-8-12(16)15-10-6-5-7-11(9-10)18-13(17)14-2/h5-7,9H,3-4,8H2,1-2H3,(H,14,17)(H,15,16). The topological polar surface area (TPSA) is 67.4 Å². The SMILES string of the molecule is CCCCC(=O)Nc1cccc(OC(=O)NC)c1. The summed E-state index contributed by atoms with van der Waals surface area (Å²) in [5.41, 5.74) is 0.623. The van der Waals surface area contributed by atoms with E-state index in [4.69, 9.17) is 4.74 Å². The summed E-state index contributed by atoms with van der Waals surface area (Å²) in [6.07, 6.45) is 1.80. The Labute approximate surface area is 107 Å². The Kier molecular flexibility index (Phi) is 5.70. The van der Waals surface area contributed by atoms with E-state index in [9.17, 15) is 9.59 Å². The van der Waals surface area contributed by atoms with Gasteiger partial charge in [0.05, 0.1) is 0 Å². The van der Waals surface area contributed by atoms with Gasteiger partial charge in [0, 0.05) is 25.2 Å². The number of hydrogen-bond donors (Lipinski definition) is 2. The van der Waals surface area contributed by atoms with E-state index in [-0.39, 0.29) is 5.91 Å². The van der Waals surface area contributed by atoms with Gasteiger partial charge in [-0.05, 0) is 18.6 Å². The zero-order chi connectivity index (χ0) is 13.4. The fourth-order valence-corrected chi connectivity index (χ4v) is 1.36. The molecule has 1 aromatic rings. The number of rotatable bonds is 5. The van der Waals surface area contributed by atoms with E-state index in [1.165, 1.54) is 7.05 Å². The fraction of sp³-hybridized carbons (Fsp3) is 0.385. The lowest BCUT2D eigenvalue weighted by Crippen LogP contribution is -2.22. The molecule has 0 aliphatic carbocycles. The normalized spacial score (nSPS) is 9.67. The van der Waals surface area contributed by atoms with Crippen LogP contribution in [0.5, 0.6) is 5.75 Å². The Morgan fingerprint density at radius 1 is 1.33 bits per heavy atom. The summed E-state index contributed by atoms with van der Waals surface area (Å²) in [5.74, 6) is 0.358. The van der Waals surface area contributed by atoms with Crippen molar-refractivity contribution in [2.24, 2.45) is 0 Å². The van der Waals surface area contributed by atoms with Gasteiger partial charge in [0.1, 0.15) is 5.75 Å². The Hall–Kier alpha value is -2.04. The number of nitrogens with one attached hydrogen (secondary N) is 2. The number of anilines is 1. The van der Waals surface area contributed by atoms with Crippen LogP contribution >= 0.6 is 0 Å². The monoisotopic (exact) mass is 250 g/mol. The van der Waals surface area contributed by atoms with Gasteiger partial charge in [-0.15, -0.1) is 0 Å². The van der Waals surface area contributed by atoms with Crippen LogP contribution in [0, 0.1) is 0 Å². The molecule has 98 valence electrons. The van der Waals surface area contributed by atoms with Crippen LogP contribution < -0.4 is 15.4 Å². The van der Waals surface area contributed by atoms with E-state index < -0.39 is 6.09 Å². The molecule has 2 N–H and O–H groups in total. The van der Waals surface area contributed by atoms with E-state index >= 15 is 0 Å². The van der Waals surface area contributed by atoms with Crippen LogP contribution in [0.2, 0.25) is 0 Å². The minimum Gasteiger partial charge on any atom is -0.410 e. The maximum atomic E-state index is 11.5. The summed E-state index contributed by atoms with van der Waals surface area (Å²) in [5, 5.41) is 5.11. The van der Waals surface area contributed by atoms with Crippen molar-refractivity contribution in [3.05, 3.63) is 24.3 Å². The van der Waals surface area contributed by atoms with Crippen molar-refractivity contribution in [3.63, 3.8) is 0 Å². The predicted octanol–water partition coefficient (Wildman–Crippen LogP) is 2.53. The number of unbranched alkanes of at least 4 members (excludes halogenated alkanes) is 1. The molecule has 5 heteroatoms. The second-order valence-corrected chi connectivity index (χ2v) is 3.82. The molecule has 0 heterocycles. The van der Waals surface area contributed by atoms with Crippen molar-refractivity contribution in [2.75, 3.05) is 12.4 Å². The van der Waals surface area contributed by atoms with Crippen molar-refractivity contribution < 1.29 is 14.3 Å². The molecule has 0 atom stereocenters. The molecular formula is C13H18N2O3. The lowest BCUT2D eigenvalue weighted by molar-refractivity contribution is -0.116. The Bertz CT molecular complexity index is 418. The zero-order valence-corrected chi connectivity index (χ0v) is 10.7. The Morgan fingerprint density at radius 3 is 2.78 bits per heavy atom. The minimum atomic E-state index is -0.538. The van der Waals surface area contributed by atoms with Crippen molar-refractivity contribution in [1.29, 1.82) is 0 Å². The molecule has 0 aliphatic heterocycles. The first-order valence-corrected chi connectivity index (χ1v) is 5.95. The van der Waals surface area contributed by atoms with Gasteiger partial charge in [0.2, 0.25) is 5.91 Å². The number of carbonyl (C=O) groups excluding carboxylic acids is 2. The largest absolute Gasteiger partial charge is 0.412 e. The average molecular weight is 250 g/mol.